The third-order valence-electron chi connectivity index (χ3n) is 2.79. The third kappa shape index (κ3) is 4.88. The maximum atomic E-state index is 11.6. The molecule has 0 saturated carbocycles. The number of benzene rings is 1. The maximum Gasteiger partial charge on any atom is 0.224 e. The van der Waals surface area contributed by atoms with E-state index in [4.69, 9.17) is 4.74 Å². The van der Waals surface area contributed by atoms with E-state index in [2.05, 4.69) is 38.2 Å². The molecule has 100 valence electrons. The van der Waals surface area contributed by atoms with Crippen LogP contribution in [0.15, 0.2) is 24.3 Å². The van der Waals surface area contributed by atoms with Crippen molar-refractivity contribution >= 4 is 11.6 Å². The highest BCUT2D eigenvalue weighted by molar-refractivity contribution is 5.90. The summed E-state index contributed by atoms with van der Waals surface area (Å²) in [5, 5.41) is 2.88. The molecule has 0 saturated heterocycles. The SMILES string of the molecule is COCCCC(=O)Nc1ccc(C(C)(C)C)cc1. The van der Waals surface area contributed by atoms with Crippen LogP contribution in [-0.4, -0.2) is 19.6 Å². The number of rotatable bonds is 5. The summed E-state index contributed by atoms with van der Waals surface area (Å²) in [5.41, 5.74) is 2.26. The molecule has 0 bridgehead atoms. The molecule has 1 amide bonds. The fourth-order valence-corrected chi connectivity index (χ4v) is 1.65. The topological polar surface area (TPSA) is 38.3 Å². The van der Waals surface area contributed by atoms with Gasteiger partial charge >= 0.3 is 0 Å². The van der Waals surface area contributed by atoms with Gasteiger partial charge in [0.1, 0.15) is 0 Å². The molecular weight excluding hydrogens is 226 g/mol. The zero-order chi connectivity index (χ0) is 13.6. The van der Waals surface area contributed by atoms with Crippen molar-refractivity contribution in [3.63, 3.8) is 0 Å². The average molecular weight is 249 g/mol. The second kappa shape index (κ2) is 6.55. The number of ether oxygens (including phenoxy) is 1. The normalized spacial score (nSPS) is 11.3. The van der Waals surface area contributed by atoms with Gasteiger partial charge < -0.3 is 10.1 Å². The molecule has 0 aliphatic carbocycles. The van der Waals surface area contributed by atoms with E-state index in [1.807, 2.05) is 12.1 Å². The molecule has 0 spiro atoms. The van der Waals surface area contributed by atoms with Gasteiger partial charge in [-0.2, -0.15) is 0 Å². The third-order valence-corrected chi connectivity index (χ3v) is 2.79. The van der Waals surface area contributed by atoms with Crippen LogP contribution in [-0.2, 0) is 14.9 Å². The summed E-state index contributed by atoms with van der Waals surface area (Å²) in [7, 11) is 1.64. The van der Waals surface area contributed by atoms with Gasteiger partial charge in [0.2, 0.25) is 5.91 Å². The Labute approximate surface area is 110 Å². The van der Waals surface area contributed by atoms with Crippen molar-refractivity contribution in [1.82, 2.24) is 0 Å². The summed E-state index contributed by atoms with van der Waals surface area (Å²) in [6.07, 6.45) is 1.25. The molecule has 0 heterocycles. The standard InChI is InChI=1S/C15H23NO2/c1-15(2,3)12-7-9-13(10-8-12)16-14(17)6-5-11-18-4/h7-10H,5-6,11H2,1-4H3,(H,16,17). The van der Waals surface area contributed by atoms with Gasteiger partial charge in [-0.25, -0.2) is 0 Å². The summed E-state index contributed by atoms with van der Waals surface area (Å²) in [6, 6.07) is 8.03. The highest BCUT2D eigenvalue weighted by Crippen LogP contribution is 2.23. The molecule has 1 aromatic carbocycles. The molecule has 18 heavy (non-hydrogen) atoms. The maximum absolute atomic E-state index is 11.6. The number of hydrogen-bond acceptors (Lipinski definition) is 2. The summed E-state index contributed by atoms with van der Waals surface area (Å²) < 4.78 is 4.92. The van der Waals surface area contributed by atoms with Gasteiger partial charge in [0.15, 0.2) is 0 Å². The number of hydrogen-bond donors (Lipinski definition) is 1. The molecule has 0 radical (unpaired) electrons. The van der Waals surface area contributed by atoms with Crippen LogP contribution in [0, 0.1) is 0 Å². The highest BCUT2D eigenvalue weighted by atomic mass is 16.5. The summed E-state index contributed by atoms with van der Waals surface area (Å²) >= 11 is 0. The minimum atomic E-state index is 0.0376. The van der Waals surface area contributed by atoms with Crippen molar-refractivity contribution in [2.24, 2.45) is 0 Å². The number of amides is 1. The van der Waals surface area contributed by atoms with Gasteiger partial charge in [-0.05, 0) is 29.5 Å². The van der Waals surface area contributed by atoms with Gasteiger partial charge in [0.25, 0.3) is 0 Å². The lowest BCUT2D eigenvalue weighted by Gasteiger charge is -2.19. The minimum absolute atomic E-state index is 0.0376. The molecule has 0 aliphatic heterocycles. The Morgan fingerprint density at radius 1 is 1.22 bits per heavy atom. The first-order chi connectivity index (χ1) is 8.43. The zero-order valence-electron chi connectivity index (χ0n) is 11.7. The number of carbonyl (C=O) groups excluding carboxylic acids is 1. The van der Waals surface area contributed by atoms with Crippen LogP contribution in [0.2, 0.25) is 0 Å². The smallest absolute Gasteiger partial charge is 0.224 e. The molecule has 0 atom stereocenters. The molecule has 0 unspecified atom stereocenters. The molecule has 0 aliphatic rings. The van der Waals surface area contributed by atoms with Gasteiger partial charge in [-0.3, -0.25) is 4.79 Å². The lowest BCUT2D eigenvalue weighted by atomic mass is 9.87. The Balaban J connectivity index is 2.51. The van der Waals surface area contributed by atoms with Gasteiger partial charge in [-0.1, -0.05) is 32.9 Å². The fraction of sp³-hybridized carbons (Fsp3) is 0.533. The van der Waals surface area contributed by atoms with Crippen molar-refractivity contribution in [2.45, 2.75) is 39.0 Å². The van der Waals surface area contributed by atoms with Crippen LogP contribution < -0.4 is 5.32 Å². The first-order valence-corrected chi connectivity index (χ1v) is 6.33. The molecule has 1 rings (SSSR count). The lowest BCUT2D eigenvalue weighted by molar-refractivity contribution is -0.116. The van der Waals surface area contributed by atoms with E-state index in [-0.39, 0.29) is 11.3 Å². The van der Waals surface area contributed by atoms with Crippen molar-refractivity contribution < 1.29 is 9.53 Å². The number of carbonyl (C=O) groups is 1. The Kier molecular flexibility index (Phi) is 5.35. The van der Waals surface area contributed by atoms with E-state index in [9.17, 15) is 4.79 Å². The number of nitrogens with one attached hydrogen (secondary N) is 1. The largest absolute Gasteiger partial charge is 0.385 e. The van der Waals surface area contributed by atoms with Crippen molar-refractivity contribution in [2.75, 3.05) is 19.0 Å². The van der Waals surface area contributed by atoms with E-state index in [1.165, 1.54) is 5.56 Å². The van der Waals surface area contributed by atoms with Crippen LogP contribution in [0.4, 0.5) is 5.69 Å². The molecule has 0 aromatic heterocycles. The van der Waals surface area contributed by atoms with Crippen LogP contribution in [0.5, 0.6) is 0 Å². The van der Waals surface area contributed by atoms with E-state index in [0.717, 1.165) is 12.1 Å². The number of methoxy groups -OCH3 is 1. The molecule has 3 nitrogen and oxygen atoms in total. The average Bonchev–Trinajstić information content (AvgIpc) is 2.29. The minimum Gasteiger partial charge on any atom is -0.385 e. The molecule has 0 fully saturated rings. The van der Waals surface area contributed by atoms with E-state index >= 15 is 0 Å². The molecular formula is C15H23NO2. The fourth-order valence-electron chi connectivity index (χ4n) is 1.65. The van der Waals surface area contributed by atoms with Crippen LogP contribution in [0.3, 0.4) is 0 Å². The Morgan fingerprint density at radius 2 is 1.83 bits per heavy atom. The lowest BCUT2D eigenvalue weighted by Crippen LogP contribution is -2.13. The first kappa shape index (κ1) is 14.7. The van der Waals surface area contributed by atoms with Gasteiger partial charge in [0.05, 0.1) is 0 Å². The second-order valence-electron chi connectivity index (χ2n) is 5.47. The van der Waals surface area contributed by atoms with Crippen LogP contribution >= 0.6 is 0 Å². The Bertz CT molecular complexity index is 376. The van der Waals surface area contributed by atoms with Crippen molar-refractivity contribution in [1.29, 1.82) is 0 Å². The summed E-state index contributed by atoms with van der Waals surface area (Å²) in [6.45, 7) is 7.14. The zero-order valence-corrected chi connectivity index (χ0v) is 11.7. The quantitative estimate of drug-likeness (QED) is 0.813. The second-order valence-corrected chi connectivity index (χ2v) is 5.47. The van der Waals surface area contributed by atoms with Crippen LogP contribution in [0.1, 0.15) is 39.2 Å². The predicted octanol–water partition coefficient (Wildman–Crippen LogP) is 3.35. The first-order valence-electron chi connectivity index (χ1n) is 6.33. The molecule has 1 aromatic rings. The van der Waals surface area contributed by atoms with Gasteiger partial charge in [0, 0.05) is 25.8 Å². The summed E-state index contributed by atoms with van der Waals surface area (Å²) in [4.78, 5) is 11.6. The van der Waals surface area contributed by atoms with E-state index in [1.54, 1.807) is 7.11 Å². The summed E-state index contributed by atoms with van der Waals surface area (Å²) in [5.74, 6) is 0.0376. The Hall–Kier alpha value is -1.35. The van der Waals surface area contributed by atoms with Crippen molar-refractivity contribution in [3.05, 3.63) is 29.8 Å². The van der Waals surface area contributed by atoms with Crippen molar-refractivity contribution in [3.8, 4) is 0 Å². The molecule has 3 heteroatoms. The van der Waals surface area contributed by atoms with Gasteiger partial charge in [-0.15, -0.1) is 0 Å². The number of anilines is 1. The predicted molar refractivity (Wildman–Crippen MR) is 74.9 cm³/mol. The Morgan fingerprint density at radius 3 is 2.33 bits per heavy atom. The molecule has 1 N–H and O–H groups in total. The van der Waals surface area contributed by atoms with E-state index in [0.29, 0.717) is 13.0 Å². The van der Waals surface area contributed by atoms with Crippen LogP contribution in [0.25, 0.3) is 0 Å². The monoisotopic (exact) mass is 249 g/mol. The van der Waals surface area contributed by atoms with E-state index < -0.39 is 0 Å². The highest BCUT2D eigenvalue weighted by Gasteiger charge is 2.13.